The molecule has 1 heterocycles. The molecule has 2 aromatic rings. The number of rotatable bonds is 1. The Bertz CT molecular complexity index is 842. The van der Waals surface area contributed by atoms with E-state index < -0.39 is 11.7 Å². The zero-order valence-electron chi connectivity index (χ0n) is 11.3. The number of anilines is 1. The van der Waals surface area contributed by atoms with Crippen molar-refractivity contribution < 1.29 is 9.13 Å². The Morgan fingerprint density at radius 2 is 1.91 bits per heavy atom. The van der Waals surface area contributed by atoms with Gasteiger partial charge in [-0.3, -0.25) is 0 Å². The average Bonchev–Trinajstić information content (AvgIpc) is 2.48. The number of hydrogen-bond acceptors (Lipinski definition) is 4. The van der Waals surface area contributed by atoms with Gasteiger partial charge in [-0.1, -0.05) is 22.0 Å². The summed E-state index contributed by atoms with van der Waals surface area (Å²) in [7, 11) is 0. The second-order valence-corrected chi connectivity index (χ2v) is 5.80. The van der Waals surface area contributed by atoms with Gasteiger partial charge >= 0.3 is 0 Å². The maximum atomic E-state index is 14.3. The van der Waals surface area contributed by atoms with E-state index in [4.69, 9.17) is 16.2 Å². The van der Waals surface area contributed by atoms with Crippen LogP contribution in [0, 0.1) is 17.1 Å². The number of ether oxygens (including phenoxy) is 1. The van der Waals surface area contributed by atoms with Crippen molar-refractivity contribution >= 4 is 21.6 Å². The van der Waals surface area contributed by atoms with E-state index >= 15 is 0 Å². The van der Waals surface area contributed by atoms with Crippen molar-refractivity contribution in [3.05, 3.63) is 69.3 Å². The zero-order valence-corrected chi connectivity index (χ0v) is 12.9. The molecule has 6 heteroatoms. The van der Waals surface area contributed by atoms with Crippen LogP contribution in [0.2, 0.25) is 0 Å². The minimum Gasteiger partial charge on any atom is -0.440 e. The lowest BCUT2D eigenvalue weighted by molar-refractivity contribution is 0.392. The smallest absolute Gasteiger partial charge is 0.205 e. The van der Waals surface area contributed by atoms with E-state index in [2.05, 4.69) is 15.9 Å². The van der Waals surface area contributed by atoms with Crippen LogP contribution in [0.5, 0.6) is 5.75 Å². The summed E-state index contributed by atoms with van der Waals surface area (Å²) in [6.45, 7) is 0. The van der Waals surface area contributed by atoms with E-state index in [9.17, 15) is 9.65 Å². The first-order valence-electron chi connectivity index (χ1n) is 6.43. The van der Waals surface area contributed by atoms with Crippen LogP contribution >= 0.6 is 15.9 Å². The molecule has 1 aliphatic heterocycles. The van der Waals surface area contributed by atoms with E-state index in [1.165, 1.54) is 6.07 Å². The van der Waals surface area contributed by atoms with Gasteiger partial charge in [0.2, 0.25) is 5.88 Å². The SMILES string of the molecule is N#CC1=C(N)Oc2cc(N)ccc2C1c1cc(Br)ccc1F. The molecule has 0 aliphatic carbocycles. The summed E-state index contributed by atoms with van der Waals surface area (Å²) < 4.78 is 20.5. The van der Waals surface area contributed by atoms with E-state index in [0.717, 1.165) is 0 Å². The highest BCUT2D eigenvalue weighted by Crippen LogP contribution is 2.43. The Morgan fingerprint density at radius 3 is 2.64 bits per heavy atom. The number of nitrogens with two attached hydrogens (primary N) is 2. The van der Waals surface area contributed by atoms with Gasteiger partial charge in [0, 0.05) is 27.4 Å². The van der Waals surface area contributed by atoms with Crippen molar-refractivity contribution in [1.82, 2.24) is 0 Å². The Balaban J connectivity index is 2.28. The van der Waals surface area contributed by atoms with Crippen LogP contribution in [0.4, 0.5) is 10.1 Å². The molecular weight excluding hydrogens is 349 g/mol. The first-order chi connectivity index (χ1) is 10.5. The van der Waals surface area contributed by atoms with Gasteiger partial charge in [-0.2, -0.15) is 5.26 Å². The highest BCUT2D eigenvalue weighted by Gasteiger charge is 2.32. The maximum Gasteiger partial charge on any atom is 0.205 e. The van der Waals surface area contributed by atoms with Crippen molar-refractivity contribution in [2.45, 2.75) is 5.92 Å². The predicted molar refractivity (Wildman–Crippen MR) is 84.3 cm³/mol. The maximum absolute atomic E-state index is 14.3. The molecule has 0 spiro atoms. The molecule has 0 saturated carbocycles. The summed E-state index contributed by atoms with van der Waals surface area (Å²) in [6, 6.07) is 11.6. The van der Waals surface area contributed by atoms with Gasteiger partial charge in [0.25, 0.3) is 0 Å². The molecule has 22 heavy (non-hydrogen) atoms. The third kappa shape index (κ3) is 2.30. The molecule has 0 amide bonds. The third-order valence-electron chi connectivity index (χ3n) is 3.51. The van der Waals surface area contributed by atoms with Crippen molar-refractivity contribution in [2.75, 3.05) is 5.73 Å². The van der Waals surface area contributed by atoms with E-state index in [-0.39, 0.29) is 11.5 Å². The number of nitriles is 1. The molecule has 4 nitrogen and oxygen atoms in total. The van der Waals surface area contributed by atoms with E-state index in [0.29, 0.717) is 27.0 Å². The molecule has 0 aromatic heterocycles. The minimum atomic E-state index is -0.633. The lowest BCUT2D eigenvalue weighted by atomic mass is 9.83. The zero-order chi connectivity index (χ0) is 15.9. The highest BCUT2D eigenvalue weighted by molar-refractivity contribution is 9.10. The van der Waals surface area contributed by atoms with Crippen molar-refractivity contribution in [2.24, 2.45) is 5.73 Å². The van der Waals surface area contributed by atoms with Gasteiger partial charge in [-0.05, 0) is 24.3 Å². The molecule has 0 saturated heterocycles. The number of nitrogens with zero attached hydrogens (tertiary/aromatic N) is 1. The molecule has 0 fully saturated rings. The summed E-state index contributed by atoms with van der Waals surface area (Å²) in [6.07, 6.45) is 0. The fourth-order valence-corrected chi connectivity index (χ4v) is 2.91. The van der Waals surface area contributed by atoms with E-state index in [1.807, 2.05) is 6.07 Å². The average molecular weight is 360 g/mol. The van der Waals surface area contributed by atoms with Gasteiger partial charge in [-0.15, -0.1) is 0 Å². The first-order valence-corrected chi connectivity index (χ1v) is 7.22. The van der Waals surface area contributed by atoms with Gasteiger partial charge in [0.1, 0.15) is 23.2 Å². The summed E-state index contributed by atoms with van der Waals surface area (Å²) in [5.74, 6) is -0.656. The lowest BCUT2D eigenvalue weighted by Crippen LogP contribution is -2.21. The molecule has 0 bridgehead atoms. The van der Waals surface area contributed by atoms with Crippen LogP contribution in [0.1, 0.15) is 17.0 Å². The molecule has 3 rings (SSSR count). The largest absolute Gasteiger partial charge is 0.440 e. The molecule has 1 aliphatic rings. The van der Waals surface area contributed by atoms with Gasteiger partial charge in [-0.25, -0.2) is 4.39 Å². The van der Waals surface area contributed by atoms with Crippen LogP contribution in [0.3, 0.4) is 0 Å². The quantitative estimate of drug-likeness (QED) is 0.764. The van der Waals surface area contributed by atoms with Crippen molar-refractivity contribution in [1.29, 1.82) is 5.26 Å². The molecule has 0 radical (unpaired) electrons. The Morgan fingerprint density at radius 1 is 1.14 bits per heavy atom. The third-order valence-corrected chi connectivity index (χ3v) is 4.01. The molecular formula is C16H11BrFN3O. The van der Waals surface area contributed by atoms with E-state index in [1.54, 1.807) is 30.3 Å². The van der Waals surface area contributed by atoms with Gasteiger partial charge < -0.3 is 16.2 Å². The van der Waals surface area contributed by atoms with Crippen LogP contribution in [-0.4, -0.2) is 0 Å². The highest BCUT2D eigenvalue weighted by atomic mass is 79.9. The Hall–Kier alpha value is -2.52. The number of allylic oxidation sites excluding steroid dienone is 1. The van der Waals surface area contributed by atoms with Gasteiger partial charge in [0.05, 0.1) is 5.92 Å². The Labute approximate surface area is 134 Å². The summed E-state index contributed by atoms with van der Waals surface area (Å²) in [5, 5.41) is 9.41. The van der Waals surface area contributed by atoms with Crippen molar-refractivity contribution in [3.8, 4) is 11.8 Å². The summed E-state index contributed by atoms with van der Waals surface area (Å²) in [4.78, 5) is 0. The van der Waals surface area contributed by atoms with Crippen LogP contribution in [0.25, 0.3) is 0 Å². The second kappa shape index (κ2) is 5.35. The number of fused-ring (bicyclic) bond motifs is 1. The van der Waals surface area contributed by atoms with Gasteiger partial charge in [0.15, 0.2) is 0 Å². The topological polar surface area (TPSA) is 85.1 Å². The number of hydrogen-bond donors (Lipinski definition) is 2. The summed E-state index contributed by atoms with van der Waals surface area (Å²) in [5.41, 5.74) is 13.3. The molecule has 1 atom stereocenters. The normalized spacial score (nSPS) is 16.7. The molecule has 1 unspecified atom stereocenters. The first kappa shape index (κ1) is 14.4. The fourth-order valence-electron chi connectivity index (χ4n) is 2.53. The van der Waals surface area contributed by atoms with Crippen LogP contribution < -0.4 is 16.2 Å². The molecule has 110 valence electrons. The Kier molecular flexibility index (Phi) is 3.51. The monoisotopic (exact) mass is 359 g/mol. The van der Waals surface area contributed by atoms with Crippen LogP contribution in [-0.2, 0) is 0 Å². The molecule has 2 aromatic carbocycles. The number of nitrogen functional groups attached to an aromatic ring is 1. The predicted octanol–water partition coefficient (Wildman–Crippen LogP) is 3.39. The summed E-state index contributed by atoms with van der Waals surface area (Å²) >= 11 is 3.32. The number of benzene rings is 2. The van der Waals surface area contributed by atoms with Crippen LogP contribution in [0.15, 0.2) is 52.3 Å². The standard InChI is InChI=1S/C16H11BrFN3O/c17-8-1-4-13(18)11(5-8)15-10-3-2-9(20)6-14(10)22-16(21)12(15)7-19/h1-6,15H,20-21H2. The van der Waals surface area contributed by atoms with Crippen molar-refractivity contribution in [3.63, 3.8) is 0 Å². The minimum absolute atomic E-state index is 0.0371. The fraction of sp³-hybridized carbons (Fsp3) is 0.0625. The second-order valence-electron chi connectivity index (χ2n) is 4.89. The lowest BCUT2D eigenvalue weighted by Gasteiger charge is -2.27. The number of halogens is 2. The molecule has 4 N–H and O–H groups in total.